The summed E-state index contributed by atoms with van der Waals surface area (Å²) >= 11 is 0. The minimum atomic E-state index is -0.306. The number of ether oxygens (including phenoxy) is 1. The van der Waals surface area contributed by atoms with Gasteiger partial charge < -0.3 is 20.9 Å². The molecule has 0 rings (SSSR count). The number of amides is 1. The number of nitrogens with one attached hydrogen (secondary N) is 1. The molecule has 0 spiro atoms. The van der Waals surface area contributed by atoms with Gasteiger partial charge in [-0.05, 0) is 24.8 Å². The first-order valence-corrected chi connectivity index (χ1v) is 6.42. The van der Waals surface area contributed by atoms with Crippen molar-refractivity contribution in [3.8, 4) is 0 Å². The Labute approximate surface area is 112 Å². The molecular formula is C11H23N5O3. The number of azide groups is 1. The summed E-state index contributed by atoms with van der Waals surface area (Å²) in [5, 5.41) is 14.6. The second kappa shape index (κ2) is 13.1. The highest BCUT2D eigenvalue weighted by Crippen LogP contribution is 1.99. The van der Waals surface area contributed by atoms with Gasteiger partial charge in [0.1, 0.15) is 6.79 Å². The maximum atomic E-state index is 11.3. The van der Waals surface area contributed by atoms with Crippen molar-refractivity contribution in [3.63, 3.8) is 0 Å². The van der Waals surface area contributed by atoms with Crippen molar-refractivity contribution in [3.05, 3.63) is 10.4 Å². The fourth-order valence-corrected chi connectivity index (χ4v) is 1.49. The van der Waals surface area contributed by atoms with Crippen molar-refractivity contribution in [2.75, 3.05) is 26.5 Å². The number of rotatable bonds is 12. The third-order valence-electron chi connectivity index (χ3n) is 2.47. The van der Waals surface area contributed by atoms with Crippen LogP contribution < -0.4 is 11.1 Å². The standard InChI is InChI=1S/C11H23N5O3/c12-10(8-19-9-17)4-1-2-6-14-11(18)5-3-7-15-16-13/h10,17H,1-9,12H2,(H,14,18)/t10-/m0/s1. The monoisotopic (exact) mass is 273 g/mol. The molecule has 0 radical (unpaired) electrons. The lowest BCUT2D eigenvalue weighted by Gasteiger charge is -2.10. The van der Waals surface area contributed by atoms with Gasteiger partial charge in [0.15, 0.2) is 0 Å². The molecular weight excluding hydrogens is 250 g/mol. The van der Waals surface area contributed by atoms with Gasteiger partial charge in [0.05, 0.1) is 6.61 Å². The smallest absolute Gasteiger partial charge is 0.219 e. The van der Waals surface area contributed by atoms with E-state index in [1.807, 2.05) is 0 Å². The summed E-state index contributed by atoms with van der Waals surface area (Å²) in [6.07, 6.45) is 3.50. The molecule has 0 aromatic carbocycles. The molecule has 0 fully saturated rings. The van der Waals surface area contributed by atoms with Crippen LogP contribution in [0.3, 0.4) is 0 Å². The Morgan fingerprint density at radius 2 is 2.26 bits per heavy atom. The fraction of sp³-hybridized carbons (Fsp3) is 0.909. The van der Waals surface area contributed by atoms with Crippen molar-refractivity contribution in [1.82, 2.24) is 5.32 Å². The van der Waals surface area contributed by atoms with Crippen LogP contribution in [0.25, 0.3) is 10.4 Å². The van der Waals surface area contributed by atoms with Crippen LogP contribution in [0.15, 0.2) is 5.11 Å². The quantitative estimate of drug-likeness (QED) is 0.158. The number of nitrogens with two attached hydrogens (primary N) is 1. The van der Waals surface area contributed by atoms with Gasteiger partial charge in [-0.3, -0.25) is 4.79 Å². The van der Waals surface area contributed by atoms with E-state index in [0.717, 1.165) is 19.3 Å². The predicted octanol–water partition coefficient (Wildman–Crippen LogP) is 0.657. The van der Waals surface area contributed by atoms with E-state index in [1.54, 1.807) is 0 Å². The Kier molecular flexibility index (Phi) is 12.2. The Bertz CT molecular complexity index is 282. The van der Waals surface area contributed by atoms with Crippen LogP contribution in [-0.4, -0.2) is 43.5 Å². The van der Waals surface area contributed by atoms with E-state index in [0.29, 0.717) is 32.5 Å². The number of aliphatic hydroxyl groups is 1. The molecule has 1 atom stereocenters. The van der Waals surface area contributed by atoms with Crippen molar-refractivity contribution >= 4 is 5.91 Å². The predicted molar refractivity (Wildman–Crippen MR) is 71.1 cm³/mol. The molecule has 0 aliphatic rings. The molecule has 4 N–H and O–H groups in total. The molecule has 8 nitrogen and oxygen atoms in total. The first-order valence-electron chi connectivity index (χ1n) is 6.42. The molecule has 0 aliphatic carbocycles. The summed E-state index contributed by atoms with van der Waals surface area (Å²) in [7, 11) is 0. The minimum Gasteiger partial charge on any atom is -0.371 e. The SMILES string of the molecule is [N-]=[N+]=NCCCC(=O)NCCCC[C@H](N)COCO. The van der Waals surface area contributed by atoms with Gasteiger partial charge in [-0.25, -0.2) is 0 Å². The summed E-state index contributed by atoms with van der Waals surface area (Å²) in [5.41, 5.74) is 13.8. The Morgan fingerprint density at radius 1 is 1.47 bits per heavy atom. The number of carbonyl (C=O) groups excluding carboxylic acids is 1. The van der Waals surface area contributed by atoms with E-state index in [1.165, 1.54) is 0 Å². The molecule has 0 bridgehead atoms. The average molecular weight is 273 g/mol. The largest absolute Gasteiger partial charge is 0.371 e. The highest BCUT2D eigenvalue weighted by molar-refractivity contribution is 5.75. The van der Waals surface area contributed by atoms with E-state index in [4.69, 9.17) is 21.1 Å². The molecule has 19 heavy (non-hydrogen) atoms. The Morgan fingerprint density at radius 3 is 2.95 bits per heavy atom. The van der Waals surface area contributed by atoms with Gasteiger partial charge in [-0.15, -0.1) is 0 Å². The molecule has 110 valence electrons. The number of unbranched alkanes of at least 4 members (excludes halogenated alkanes) is 1. The van der Waals surface area contributed by atoms with E-state index in [2.05, 4.69) is 15.3 Å². The third kappa shape index (κ3) is 12.9. The summed E-state index contributed by atoms with van der Waals surface area (Å²) < 4.78 is 4.78. The lowest BCUT2D eigenvalue weighted by atomic mass is 10.1. The summed E-state index contributed by atoms with van der Waals surface area (Å²) in [5.74, 6) is -0.0268. The molecule has 8 heteroatoms. The highest BCUT2D eigenvalue weighted by Gasteiger charge is 2.03. The minimum absolute atomic E-state index is 0.0268. The molecule has 1 amide bonds. The van der Waals surface area contributed by atoms with E-state index >= 15 is 0 Å². The number of aliphatic hydroxyl groups excluding tert-OH is 1. The fourth-order valence-electron chi connectivity index (χ4n) is 1.49. The normalized spacial score (nSPS) is 11.7. The summed E-state index contributed by atoms with van der Waals surface area (Å²) in [6.45, 7) is 1.01. The molecule has 0 aromatic rings. The molecule has 0 saturated heterocycles. The van der Waals surface area contributed by atoms with Gasteiger partial charge in [0.25, 0.3) is 0 Å². The zero-order valence-electron chi connectivity index (χ0n) is 11.1. The van der Waals surface area contributed by atoms with Crippen molar-refractivity contribution in [2.24, 2.45) is 10.8 Å². The van der Waals surface area contributed by atoms with Crippen molar-refractivity contribution < 1.29 is 14.6 Å². The second-order valence-corrected chi connectivity index (χ2v) is 4.16. The maximum absolute atomic E-state index is 11.3. The van der Waals surface area contributed by atoms with Gasteiger partial charge >= 0.3 is 0 Å². The molecule has 0 unspecified atom stereocenters. The van der Waals surface area contributed by atoms with Gasteiger partial charge in [-0.1, -0.05) is 11.5 Å². The van der Waals surface area contributed by atoms with E-state index in [9.17, 15) is 4.79 Å². The number of hydrogen-bond donors (Lipinski definition) is 3. The second-order valence-electron chi connectivity index (χ2n) is 4.16. The van der Waals surface area contributed by atoms with Gasteiger partial charge in [-0.2, -0.15) is 0 Å². The van der Waals surface area contributed by atoms with Crippen LogP contribution in [-0.2, 0) is 9.53 Å². The molecule has 0 aliphatic heterocycles. The number of carbonyl (C=O) groups is 1. The molecule has 0 saturated carbocycles. The van der Waals surface area contributed by atoms with Crippen LogP contribution in [0.2, 0.25) is 0 Å². The summed E-state index contributed by atoms with van der Waals surface area (Å²) in [4.78, 5) is 13.9. The van der Waals surface area contributed by atoms with Crippen LogP contribution in [0.1, 0.15) is 32.1 Å². The van der Waals surface area contributed by atoms with Crippen LogP contribution >= 0.6 is 0 Å². The zero-order chi connectivity index (χ0) is 14.3. The molecule has 0 heterocycles. The Balaban J connectivity index is 3.33. The topological polar surface area (TPSA) is 133 Å². The average Bonchev–Trinajstić information content (AvgIpc) is 2.41. The highest BCUT2D eigenvalue weighted by atomic mass is 16.6. The van der Waals surface area contributed by atoms with Gasteiger partial charge in [0.2, 0.25) is 5.91 Å². The molecule has 0 aromatic heterocycles. The lowest BCUT2D eigenvalue weighted by molar-refractivity contribution is -0.121. The first-order chi connectivity index (χ1) is 9.20. The van der Waals surface area contributed by atoms with Crippen LogP contribution in [0, 0.1) is 0 Å². The van der Waals surface area contributed by atoms with Crippen molar-refractivity contribution in [2.45, 2.75) is 38.1 Å². The van der Waals surface area contributed by atoms with E-state index < -0.39 is 0 Å². The zero-order valence-corrected chi connectivity index (χ0v) is 11.1. The van der Waals surface area contributed by atoms with E-state index in [-0.39, 0.29) is 18.7 Å². The Hall–Kier alpha value is -1.34. The van der Waals surface area contributed by atoms with Crippen LogP contribution in [0.5, 0.6) is 0 Å². The maximum Gasteiger partial charge on any atom is 0.219 e. The number of hydrogen-bond acceptors (Lipinski definition) is 5. The third-order valence-corrected chi connectivity index (χ3v) is 2.47. The first kappa shape index (κ1) is 17.7. The summed E-state index contributed by atoms with van der Waals surface area (Å²) in [6, 6.07) is -0.0771. The van der Waals surface area contributed by atoms with Crippen molar-refractivity contribution in [1.29, 1.82) is 0 Å². The van der Waals surface area contributed by atoms with Gasteiger partial charge in [0, 0.05) is 30.5 Å². The lowest BCUT2D eigenvalue weighted by Crippen LogP contribution is -2.27. The number of nitrogens with zero attached hydrogens (tertiary/aromatic N) is 3. The van der Waals surface area contributed by atoms with Crippen LogP contribution in [0.4, 0.5) is 0 Å².